The van der Waals surface area contributed by atoms with Crippen LogP contribution in [-0.2, 0) is 11.3 Å². The molecule has 2 aliphatic rings. The van der Waals surface area contributed by atoms with E-state index in [0.29, 0.717) is 12.0 Å². The van der Waals surface area contributed by atoms with Gasteiger partial charge in [-0.1, -0.05) is 6.07 Å². The lowest BCUT2D eigenvalue weighted by Gasteiger charge is -2.38. The fourth-order valence-corrected chi connectivity index (χ4v) is 3.88. The lowest BCUT2D eigenvalue weighted by Crippen LogP contribution is -2.40. The maximum absolute atomic E-state index is 6.05. The van der Waals surface area contributed by atoms with Gasteiger partial charge in [-0.15, -0.1) is 0 Å². The minimum atomic E-state index is 0.197. The van der Waals surface area contributed by atoms with Crippen molar-refractivity contribution in [3.63, 3.8) is 0 Å². The number of hydrogen-bond acceptors (Lipinski definition) is 5. The van der Waals surface area contributed by atoms with E-state index in [0.717, 1.165) is 44.1 Å². The third-order valence-corrected chi connectivity index (χ3v) is 5.38. The molecular weight excluding hydrogens is 314 g/mol. The molecule has 1 spiro atoms. The maximum Gasteiger partial charge on any atom is 0.137 e. The highest BCUT2D eigenvalue weighted by atomic mass is 16.5. The Bertz CT molecular complexity index is 657. The Morgan fingerprint density at radius 1 is 1.16 bits per heavy atom. The van der Waals surface area contributed by atoms with Crippen LogP contribution in [0, 0.1) is 5.41 Å². The van der Waals surface area contributed by atoms with E-state index in [2.05, 4.69) is 27.0 Å². The first-order valence-electron chi connectivity index (χ1n) is 9.08. The van der Waals surface area contributed by atoms with Crippen LogP contribution in [-0.4, -0.2) is 47.3 Å². The molecule has 0 aromatic carbocycles. The topological polar surface area (TPSA) is 47.5 Å². The molecule has 2 aliphatic heterocycles. The van der Waals surface area contributed by atoms with Gasteiger partial charge in [-0.2, -0.15) is 0 Å². The molecule has 2 fully saturated rings. The van der Waals surface area contributed by atoms with Gasteiger partial charge in [-0.3, -0.25) is 14.9 Å². The molecule has 0 radical (unpaired) electrons. The average molecular weight is 339 g/mol. The number of pyridine rings is 2. The van der Waals surface area contributed by atoms with Gasteiger partial charge in [0, 0.05) is 18.9 Å². The van der Waals surface area contributed by atoms with Crippen LogP contribution in [0.5, 0.6) is 5.75 Å². The minimum Gasteiger partial charge on any atom is -0.489 e. The fraction of sp³-hybridized carbons (Fsp3) is 0.500. The summed E-state index contributed by atoms with van der Waals surface area (Å²) in [6, 6.07) is 9.97. The van der Waals surface area contributed by atoms with Crippen molar-refractivity contribution in [1.29, 1.82) is 0 Å². The molecule has 2 aromatic rings. The molecule has 1 atom stereocenters. The van der Waals surface area contributed by atoms with Crippen LogP contribution in [0.2, 0.25) is 0 Å². The highest BCUT2D eigenvalue weighted by Crippen LogP contribution is 2.42. The number of piperidine rings is 1. The fourth-order valence-electron chi connectivity index (χ4n) is 3.88. The molecule has 0 aliphatic carbocycles. The van der Waals surface area contributed by atoms with E-state index in [1.54, 1.807) is 12.4 Å². The molecule has 4 rings (SSSR count). The Hall–Kier alpha value is -1.98. The van der Waals surface area contributed by atoms with Crippen LogP contribution in [0.25, 0.3) is 0 Å². The van der Waals surface area contributed by atoms with Crippen molar-refractivity contribution in [2.24, 2.45) is 5.41 Å². The first kappa shape index (κ1) is 16.5. The number of likely N-dealkylation sites (tertiary alicyclic amines) is 1. The molecule has 2 aromatic heterocycles. The van der Waals surface area contributed by atoms with Gasteiger partial charge in [0.25, 0.3) is 0 Å². The second-order valence-corrected chi connectivity index (χ2v) is 7.23. The highest BCUT2D eigenvalue weighted by molar-refractivity contribution is 5.15. The second-order valence-electron chi connectivity index (χ2n) is 7.23. The monoisotopic (exact) mass is 339 g/mol. The Morgan fingerprint density at radius 3 is 2.84 bits per heavy atom. The predicted octanol–water partition coefficient (Wildman–Crippen LogP) is 2.93. The van der Waals surface area contributed by atoms with E-state index in [-0.39, 0.29) is 6.10 Å². The van der Waals surface area contributed by atoms with Crippen LogP contribution < -0.4 is 4.74 Å². The molecule has 0 unspecified atom stereocenters. The summed E-state index contributed by atoms with van der Waals surface area (Å²) in [6.07, 6.45) is 9.07. The largest absolute Gasteiger partial charge is 0.489 e. The summed E-state index contributed by atoms with van der Waals surface area (Å²) < 4.78 is 11.9. The van der Waals surface area contributed by atoms with Gasteiger partial charge in [0.2, 0.25) is 0 Å². The molecule has 0 saturated carbocycles. The Balaban J connectivity index is 1.24. The van der Waals surface area contributed by atoms with Crippen LogP contribution >= 0.6 is 0 Å². The number of hydrogen-bond donors (Lipinski definition) is 0. The SMILES string of the molecule is c1ccc(CN2CCC3(CC2)CO[C@H](COc2cccnc2)C3)nc1. The van der Waals surface area contributed by atoms with Crippen molar-refractivity contribution in [2.75, 3.05) is 26.3 Å². The highest BCUT2D eigenvalue weighted by Gasteiger charge is 2.42. The summed E-state index contributed by atoms with van der Waals surface area (Å²) in [5, 5.41) is 0. The van der Waals surface area contributed by atoms with Gasteiger partial charge in [-0.05, 0) is 62.0 Å². The summed E-state index contributed by atoms with van der Waals surface area (Å²) in [5.41, 5.74) is 1.49. The maximum atomic E-state index is 6.05. The predicted molar refractivity (Wildman–Crippen MR) is 95.3 cm³/mol. The van der Waals surface area contributed by atoms with E-state index >= 15 is 0 Å². The van der Waals surface area contributed by atoms with E-state index in [1.165, 1.54) is 12.8 Å². The van der Waals surface area contributed by atoms with Gasteiger partial charge in [0.15, 0.2) is 0 Å². The van der Waals surface area contributed by atoms with Crippen molar-refractivity contribution in [3.05, 3.63) is 54.6 Å². The van der Waals surface area contributed by atoms with Crippen LogP contribution in [0.1, 0.15) is 25.0 Å². The molecule has 2 saturated heterocycles. The van der Waals surface area contributed by atoms with E-state index in [1.807, 2.05) is 24.4 Å². The zero-order valence-corrected chi connectivity index (χ0v) is 14.5. The standard InChI is InChI=1S/C20H25N3O2/c1-2-9-22-17(4-1)14-23-10-6-20(7-11-23)12-19(25-16-20)15-24-18-5-3-8-21-13-18/h1-5,8-9,13,19H,6-7,10-12,14-16H2/t19-/m0/s1. The quantitative estimate of drug-likeness (QED) is 0.838. The molecule has 25 heavy (non-hydrogen) atoms. The van der Waals surface area contributed by atoms with Gasteiger partial charge in [0.05, 0.1) is 24.6 Å². The van der Waals surface area contributed by atoms with Gasteiger partial charge < -0.3 is 9.47 Å². The number of nitrogens with zero attached hydrogens (tertiary/aromatic N) is 3. The zero-order valence-electron chi connectivity index (χ0n) is 14.5. The number of aromatic nitrogens is 2. The van der Waals surface area contributed by atoms with Crippen molar-refractivity contribution < 1.29 is 9.47 Å². The zero-order chi connectivity index (χ0) is 17.0. The van der Waals surface area contributed by atoms with Crippen molar-refractivity contribution >= 4 is 0 Å². The molecular formula is C20H25N3O2. The summed E-state index contributed by atoms with van der Waals surface area (Å²) >= 11 is 0. The third kappa shape index (κ3) is 4.17. The first-order valence-corrected chi connectivity index (χ1v) is 9.08. The average Bonchev–Trinajstić information content (AvgIpc) is 3.07. The number of rotatable bonds is 5. The van der Waals surface area contributed by atoms with Crippen molar-refractivity contribution in [2.45, 2.75) is 31.9 Å². The van der Waals surface area contributed by atoms with Crippen molar-refractivity contribution in [3.8, 4) is 5.75 Å². The Labute approximate surface area is 149 Å². The summed E-state index contributed by atoms with van der Waals surface area (Å²) in [7, 11) is 0. The minimum absolute atomic E-state index is 0.197. The Morgan fingerprint density at radius 2 is 2.08 bits per heavy atom. The smallest absolute Gasteiger partial charge is 0.137 e. The molecule has 0 bridgehead atoms. The van der Waals surface area contributed by atoms with Crippen LogP contribution in [0.15, 0.2) is 48.9 Å². The normalized spacial score (nSPS) is 23.0. The summed E-state index contributed by atoms with van der Waals surface area (Å²) in [5.74, 6) is 0.817. The van der Waals surface area contributed by atoms with Crippen LogP contribution in [0.3, 0.4) is 0 Å². The molecule has 0 N–H and O–H groups in total. The number of ether oxygens (including phenoxy) is 2. The lowest BCUT2D eigenvalue weighted by atomic mass is 9.76. The molecule has 0 amide bonds. The third-order valence-electron chi connectivity index (χ3n) is 5.38. The molecule has 132 valence electrons. The molecule has 5 heteroatoms. The van der Waals surface area contributed by atoms with E-state index in [4.69, 9.17) is 9.47 Å². The molecule has 5 nitrogen and oxygen atoms in total. The van der Waals surface area contributed by atoms with Crippen LogP contribution in [0.4, 0.5) is 0 Å². The van der Waals surface area contributed by atoms with Gasteiger partial charge >= 0.3 is 0 Å². The second kappa shape index (κ2) is 7.50. The van der Waals surface area contributed by atoms with Gasteiger partial charge in [0.1, 0.15) is 12.4 Å². The van der Waals surface area contributed by atoms with E-state index < -0.39 is 0 Å². The molecule has 4 heterocycles. The lowest BCUT2D eigenvalue weighted by molar-refractivity contribution is 0.0468. The Kier molecular flexibility index (Phi) is 4.95. The first-order chi connectivity index (χ1) is 12.3. The summed E-state index contributed by atoms with van der Waals surface area (Å²) in [6.45, 7) is 4.67. The van der Waals surface area contributed by atoms with Gasteiger partial charge in [-0.25, -0.2) is 0 Å². The van der Waals surface area contributed by atoms with Crippen molar-refractivity contribution in [1.82, 2.24) is 14.9 Å². The van der Waals surface area contributed by atoms with E-state index in [9.17, 15) is 0 Å². The summed E-state index contributed by atoms with van der Waals surface area (Å²) in [4.78, 5) is 11.0.